The van der Waals surface area contributed by atoms with Crippen molar-refractivity contribution < 1.29 is 19.1 Å². The van der Waals surface area contributed by atoms with E-state index in [9.17, 15) is 9.59 Å². The monoisotopic (exact) mass is 400 g/mol. The minimum atomic E-state index is -0.632. The van der Waals surface area contributed by atoms with Crippen LogP contribution in [0.25, 0.3) is 5.57 Å². The molecule has 0 saturated heterocycles. The van der Waals surface area contributed by atoms with Crippen LogP contribution in [0.15, 0.2) is 48.5 Å². The molecule has 6 nitrogen and oxygen atoms in total. The molecular weight excluding hydrogens is 380 g/mol. The first-order chi connectivity index (χ1) is 13.5. The molecule has 0 spiro atoms. The minimum Gasteiger partial charge on any atom is -0.493 e. The van der Waals surface area contributed by atoms with Crippen LogP contribution in [-0.2, 0) is 4.79 Å². The number of carbonyl (C=O) groups excluding carboxylic acids is 2. The molecule has 2 aromatic rings. The lowest BCUT2D eigenvalue weighted by molar-refractivity contribution is -0.119. The number of methoxy groups -OCH3 is 1. The number of halogens is 1. The maximum Gasteiger partial charge on any atom is 0.255 e. The maximum atomic E-state index is 12.9. The van der Waals surface area contributed by atoms with E-state index >= 15 is 0 Å². The third-order valence-corrected chi connectivity index (χ3v) is 4.76. The fourth-order valence-electron chi connectivity index (χ4n) is 3.08. The van der Waals surface area contributed by atoms with Gasteiger partial charge < -0.3 is 20.1 Å². The Morgan fingerprint density at radius 3 is 2.57 bits per heavy atom. The largest absolute Gasteiger partial charge is 0.493 e. The van der Waals surface area contributed by atoms with Crippen LogP contribution in [0.5, 0.6) is 11.5 Å². The number of nitrogens with zero attached hydrogens (tertiary/aromatic N) is 1. The molecule has 1 aliphatic rings. The van der Waals surface area contributed by atoms with Crippen molar-refractivity contribution in [2.24, 2.45) is 5.73 Å². The quantitative estimate of drug-likeness (QED) is 0.807. The Morgan fingerprint density at radius 2 is 1.96 bits per heavy atom. The lowest BCUT2D eigenvalue weighted by Gasteiger charge is -2.27. The Morgan fingerprint density at radius 1 is 1.21 bits per heavy atom. The summed E-state index contributed by atoms with van der Waals surface area (Å²) in [5.41, 5.74) is 7.90. The van der Waals surface area contributed by atoms with Crippen molar-refractivity contribution in [2.45, 2.75) is 6.42 Å². The average molecular weight is 401 g/mol. The van der Waals surface area contributed by atoms with E-state index in [0.29, 0.717) is 18.7 Å². The summed E-state index contributed by atoms with van der Waals surface area (Å²) < 4.78 is 10.6. The van der Waals surface area contributed by atoms with E-state index in [-0.39, 0.29) is 29.0 Å². The van der Waals surface area contributed by atoms with Gasteiger partial charge in [-0.25, -0.2) is 0 Å². The number of ether oxygens (including phenoxy) is 2. The molecule has 2 aromatic carbocycles. The summed E-state index contributed by atoms with van der Waals surface area (Å²) in [4.78, 5) is 25.6. The lowest BCUT2D eigenvalue weighted by atomic mass is 9.99. The number of rotatable bonds is 6. The van der Waals surface area contributed by atoms with Crippen LogP contribution in [0.1, 0.15) is 22.3 Å². The van der Waals surface area contributed by atoms with Gasteiger partial charge in [0.25, 0.3) is 11.8 Å². The summed E-state index contributed by atoms with van der Waals surface area (Å²) in [6, 6.07) is 13.2. The fraction of sp³-hybridized carbons (Fsp3) is 0.238. The molecule has 7 heteroatoms. The van der Waals surface area contributed by atoms with Crippen molar-refractivity contribution in [1.29, 1.82) is 0 Å². The normalized spacial score (nSPS) is 13.6. The molecule has 2 amide bonds. The van der Waals surface area contributed by atoms with Crippen LogP contribution in [-0.4, -0.2) is 43.5 Å². The van der Waals surface area contributed by atoms with Crippen molar-refractivity contribution in [1.82, 2.24) is 4.90 Å². The summed E-state index contributed by atoms with van der Waals surface area (Å²) in [6.45, 7) is 0.797. The minimum absolute atomic E-state index is 0.148. The Labute approximate surface area is 168 Å². The fourth-order valence-corrected chi connectivity index (χ4v) is 3.34. The van der Waals surface area contributed by atoms with E-state index in [2.05, 4.69) is 18.2 Å². The predicted molar refractivity (Wildman–Crippen MR) is 108 cm³/mol. The van der Waals surface area contributed by atoms with Gasteiger partial charge in [-0.2, -0.15) is 0 Å². The van der Waals surface area contributed by atoms with E-state index in [4.69, 9.17) is 26.8 Å². The van der Waals surface area contributed by atoms with Gasteiger partial charge in [0.05, 0.1) is 12.1 Å². The molecule has 0 fully saturated rings. The summed E-state index contributed by atoms with van der Waals surface area (Å²) in [7, 11) is 1.44. The van der Waals surface area contributed by atoms with Gasteiger partial charge in [0.2, 0.25) is 0 Å². The number of nitrogens with two attached hydrogens (primary N) is 1. The molecule has 0 aliphatic carbocycles. The van der Waals surface area contributed by atoms with Crippen LogP contribution in [0.3, 0.4) is 0 Å². The highest BCUT2D eigenvalue weighted by Gasteiger charge is 2.22. The molecule has 146 valence electrons. The molecule has 0 radical (unpaired) electrons. The number of hydrogen-bond donors (Lipinski definition) is 1. The van der Waals surface area contributed by atoms with Gasteiger partial charge in [-0.1, -0.05) is 48.0 Å². The van der Waals surface area contributed by atoms with Crippen molar-refractivity contribution in [3.05, 3.63) is 64.7 Å². The van der Waals surface area contributed by atoms with E-state index in [0.717, 1.165) is 6.42 Å². The number of amides is 2. The second kappa shape index (κ2) is 8.80. The van der Waals surface area contributed by atoms with Gasteiger partial charge in [-0.3, -0.25) is 9.59 Å². The highest BCUT2D eigenvalue weighted by atomic mass is 35.5. The van der Waals surface area contributed by atoms with Crippen LogP contribution >= 0.6 is 11.6 Å². The van der Waals surface area contributed by atoms with E-state index in [1.54, 1.807) is 11.0 Å². The van der Waals surface area contributed by atoms with Crippen LogP contribution in [0.2, 0.25) is 5.02 Å². The lowest BCUT2D eigenvalue weighted by Crippen LogP contribution is -2.34. The molecule has 1 heterocycles. The second-order valence-electron chi connectivity index (χ2n) is 6.34. The Bertz CT molecular complexity index is 912. The molecule has 0 unspecified atom stereocenters. The third kappa shape index (κ3) is 4.46. The zero-order valence-electron chi connectivity index (χ0n) is 15.5. The summed E-state index contributed by atoms with van der Waals surface area (Å²) in [5.74, 6) is -0.323. The molecule has 3 rings (SSSR count). The van der Waals surface area contributed by atoms with Crippen LogP contribution < -0.4 is 15.2 Å². The first-order valence-electron chi connectivity index (χ1n) is 8.82. The zero-order valence-corrected chi connectivity index (χ0v) is 16.2. The molecule has 28 heavy (non-hydrogen) atoms. The van der Waals surface area contributed by atoms with Gasteiger partial charge in [0, 0.05) is 18.7 Å². The van der Waals surface area contributed by atoms with E-state index in [1.165, 1.54) is 24.3 Å². The summed E-state index contributed by atoms with van der Waals surface area (Å²) in [6.07, 6.45) is 2.85. The third-order valence-electron chi connectivity index (χ3n) is 4.48. The van der Waals surface area contributed by atoms with Gasteiger partial charge in [0.1, 0.15) is 0 Å². The highest BCUT2D eigenvalue weighted by Crippen LogP contribution is 2.37. The van der Waals surface area contributed by atoms with Crippen molar-refractivity contribution in [2.75, 3.05) is 26.8 Å². The summed E-state index contributed by atoms with van der Waals surface area (Å²) in [5, 5.41) is 0.182. The van der Waals surface area contributed by atoms with Gasteiger partial charge >= 0.3 is 0 Å². The second-order valence-corrected chi connectivity index (χ2v) is 6.75. The SMILES string of the molecule is COc1cc(C(=O)N2CC=C(c3ccccc3)CC2)cc(Cl)c1OCC(N)=O. The standard InChI is InChI=1S/C21H21ClN2O4/c1-27-18-12-16(11-17(22)20(18)28-13-19(23)25)21(26)24-9-7-15(8-10-24)14-5-3-2-4-6-14/h2-7,11-12H,8-10,13H2,1H3,(H2,23,25). The first kappa shape index (κ1) is 19.8. The molecule has 0 saturated carbocycles. The van der Waals surface area contributed by atoms with E-state index < -0.39 is 5.91 Å². The molecule has 1 aliphatic heterocycles. The molecule has 0 bridgehead atoms. The van der Waals surface area contributed by atoms with Crippen molar-refractivity contribution >= 4 is 29.0 Å². The Balaban J connectivity index is 1.77. The van der Waals surface area contributed by atoms with Crippen LogP contribution in [0.4, 0.5) is 0 Å². The first-order valence-corrected chi connectivity index (χ1v) is 9.19. The van der Waals surface area contributed by atoms with Crippen molar-refractivity contribution in [3.63, 3.8) is 0 Å². The average Bonchev–Trinajstić information content (AvgIpc) is 2.72. The smallest absolute Gasteiger partial charge is 0.255 e. The molecule has 0 aromatic heterocycles. The molecule has 0 atom stereocenters. The topological polar surface area (TPSA) is 81.9 Å². The van der Waals surface area contributed by atoms with Crippen molar-refractivity contribution in [3.8, 4) is 11.5 Å². The zero-order chi connectivity index (χ0) is 20.1. The maximum absolute atomic E-state index is 12.9. The Hall–Kier alpha value is -2.99. The predicted octanol–water partition coefficient (Wildman–Crippen LogP) is 3.14. The number of primary amides is 1. The number of carbonyl (C=O) groups is 2. The number of hydrogen-bond acceptors (Lipinski definition) is 4. The van der Waals surface area contributed by atoms with Crippen LogP contribution in [0, 0.1) is 0 Å². The van der Waals surface area contributed by atoms with Gasteiger partial charge in [-0.15, -0.1) is 0 Å². The highest BCUT2D eigenvalue weighted by molar-refractivity contribution is 6.32. The van der Waals surface area contributed by atoms with E-state index in [1.807, 2.05) is 18.2 Å². The van der Waals surface area contributed by atoms with Gasteiger partial charge in [0.15, 0.2) is 18.1 Å². The molecule has 2 N–H and O–H groups in total. The van der Waals surface area contributed by atoms with Gasteiger partial charge in [-0.05, 0) is 29.7 Å². The Kier molecular flexibility index (Phi) is 6.21. The molecular formula is C21H21ClN2O4. The summed E-state index contributed by atoms with van der Waals surface area (Å²) >= 11 is 6.24. The number of benzene rings is 2.